The van der Waals surface area contributed by atoms with Crippen LogP contribution in [0.5, 0.6) is 0 Å². The zero-order valence-electron chi connectivity index (χ0n) is 16.0. The zero-order chi connectivity index (χ0) is 20.5. The van der Waals surface area contributed by atoms with Crippen LogP contribution in [0.25, 0.3) is 0 Å². The lowest BCUT2D eigenvalue weighted by Gasteiger charge is -2.31. The van der Waals surface area contributed by atoms with Crippen LogP contribution >= 0.6 is 27.5 Å². The fraction of sp³-hybridized carbons (Fsp3) is 0.400. The van der Waals surface area contributed by atoms with Crippen LogP contribution in [0.4, 0.5) is 20.7 Å². The number of halogens is 3. The Kier molecular flexibility index (Phi) is 6.15. The number of likely N-dealkylation sites (tertiary alicyclic amines) is 1. The predicted molar refractivity (Wildman–Crippen MR) is 112 cm³/mol. The predicted octanol–water partition coefficient (Wildman–Crippen LogP) is 5.78. The fourth-order valence-electron chi connectivity index (χ4n) is 3.14. The molecule has 5 nitrogen and oxygen atoms in total. The molecule has 1 aromatic carbocycles. The second kappa shape index (κ2) is 8.25. The Bertz CT molecular complexity index is 875. The van der Waals surface area contributed by atoms with E-state index in [4.69, 9.17) is 16.3 Å². The second-order valence-corrected chi connectivity index (χ2v) is 8.88. The van der Waals surface area contributed by atoms with Crippen molar-refractivity contribution in [1.29, 1.82) is 0 Å². The number of hydrogen-bond acceptors (Lipinski definition) is 4. The highest BCUT2D eigenvalue weighted by Gasteiger charge is 2.34. The van der Waals surface area contributed by atoms with Crippen molar-refractivity contribution in [3.8, 4) is 0 Å². The molecule has 2 aromatic rings. The van der Waals surface area contributed by atoms with Gasteiger partial charge in [-0.2, -0.15) is 0 Å². The normalized spacial score (nSPS) is 16.9. The molecule has 1 aliphatic heterocycles. The maximum absolute atomic E-state index is 13.7. The molecule has 0 spiro atoms. The molecule has 2 heterocycles. The number of rotatable bonds is 3. The topological polar surface area (TPSA) is 45.7 Å². The SMILES string of the molecule is CC(C)(C)OC(=O)N1CCC(N(c2ccc(F)c(Cl)c2)c2cccc(Br)n2)C1. The Hall–Kier alpha value is -1.86. The van der Waals surface area contributed by atoms with Gasteiger partial charge in [0, 0.05) is 18.8 Å². The van der Waals surface area contributed by atoms with Gasteiger partial charge in [-0.25, -0.2) is 14.2 Å². The van der Waals surface area contributed by atoms with E-state index in [0.29, 0.717) is 29.2 Å². The fourth-order valence-corrected chi connectivity index (χ4v) is 3.65. The van der Waals surface area contributed by atoms with Gasteiger partial charge in [-0.3, -0.25) is 0 Å². The number of amides is 1. The first-order valence-corrected chi connectivity index (χ1v) is 10.2. The molecule has 1 amide bonds. The van der Waals surface area contributed by atoms with Gasteiger partial charge in [-0.05, 0) is 73.5 Å². The van der Waals surface area contributed by atoms with Gasteiger partial charge in [0.05, 0.1) is 11.1 Å². The molecule has 1 fully saturated rings. The van der Waals surface area contributed by atoms with E-state index >= 15 is 0 Å². The minimum atomic E-state index is -0.550. The Labute approximate surface area is 177 Å². The number of anilines is 2. The van der Waals surface area contributed by atoms with E-state index in [1.165, 1.54) is 6.07 Å². The molecule has 1 unspecified atom stereocenters. The Morgan fingerprint density at radius 3 is 2.75 bits per heavy atom. The van der Waals surface area contributed by atoms with Crippen molar-refractivity contribution < 1.29 is 13.9 Å². The average Bonchev–Trinajstić information content (AvgIpc) is 3.07. The van der Waals surface area contributed by atoms with Crippen molar-refractivity contribution in [2.45, 2.75) is 38.8 Å². The third kappa shape index (κ3) is 4.94. The number of hydrogen-bond donors (Lipinski definition) is 0. The summed E-state index contributed by atoms with van der Waals surface area (Å²) in [7, 11) is 0. The summed E-state index contributed by atoms with van der Waals surface area (Å²) >= 11 is 9.42. The van der Waals surface area contributed by atoms with Crippen molar-refractivity contribution in [2.24, 2.45) is 0 Å². The van der Waals surface area contributed by atoms with Gasteiger partial charge in [0.15, 0.2) is 0 Å². The molecule has 1 aliphatic rings. The summed E-state index contributed by atoms with van der Waals surface area (Å²) in [6.45, 7) is 6.57. The van der Waals surface area contributed by atoms with Gasteiger partial charge in [0.2, 0.25) is 0 Å². The average molecular weight is 471 g/mol. The zero-order valence-corrected chi connectivity index (χ0v) is 18.3. The van der Waals surface area contributed by atoms with Crippen molar-refractivity contribution in [3.63, 3.8) is 0 Å². The molecule has 0 radical (unpaired) electrons. The third-order valence-electron chi connectivity index (χ3n) is 4.31. The van der Waals surface area contributed by atoms with Crippen LogP contribution in [0, 0.1) is 5.82 Å². The van der Waals surface area contributed by atoms with Crippen molar-refractivity contribution in [1.82, 2.24) is 9.88 Å². The minimum Gasteiger partial charge on any atom is -0.444 e. The summed E-state index contributed by atoms with van der Waals surface area (Å²) < 4.78 is 19.9. The maximum atomic E-state index is 13.7. The lowest BCUT2D eigenvalue weighted by molar-refractivity contribution is 0.0293. The van der Waals surface area contributed by atoms with Crippen molar-refractivity contribution in [2.75, 3.05) is 18.0 Å². The van der Waals surface area contributed by atoms with Crippen LogP contribution in [-0.2, 0) is 4.74 Å². The number of benzene rings is 1. The van der Waals surface area contributed by atoms with E-state index in [1.54, 1.807) is 17.0 Å². The standard InChI is InChI=1S/C20H22BrClFN3O2/c1-20(2,3)28-19(27)25-10-9-14(12-25)26(18-6-4-5-17(21)24-18)13-7-8-16(23)15(22)11-13/h4-8,11,14H,9-10,12H2,1-3H3. The molecule has 0 aliphatic carbocycles. The summed E-state index contributed by atoms with van der Waals surface area (Å²) in [6, 6.07) is 10.1. The molecular weight excluding hydrogens is 449 g/mol. The van der Waals surface area contributed by atoms with E-state index < -0.39 is 11.4 Å². The first-order chi connectivity index (χ1) is 13.1. The highest BCUT2D eigenvalue weighted by molar-refractivity contribution is 9.10. The van der Waals surface area contributed by atoms with Gasteiger partial charge in [0.1, 0.15) is 21.8 Å². The molecule has 1 atom stereocenters. The summed E-state index contributed by atoms with van der Waals surface area (Å²) in [5.41, 5.74) is 0.165. The molecule has 3 rings (SSSR count). The maximum Gasteiger partial charge on any atom is 0.410 e. The van der Waals surface area contributed by atoms with Crippen LogP contribution in [0.3, 0.4) is 0 Å². The summed E-state index contributed by atoms with van der Waals surface area (Å²) in [5, 5.41) is 0.0412. The van der Waals surface area contributed by atoms with Crippen LogP contribution in [-0.4, -0.2) is 40.7 Å². The lowest BCUT2D eigenvalue weighted by Crippen LogP contribution is -2.39. The molecule has 0 bridgehead atoms. The van der Waals surface area contributed by atoms with Gasteiger partial charge in [-0.1, -0.05) is 17.7 Å². The number of carbonyl (C=O) groups excluding carboxylic acids is 1. The van der Waals surface area contributed by atoms with Crippen LogP contribution in [0.2, 0.25) is 5.02 Å². The highest BCUT2D eigenvalue weighted by atomic mass is 79.9. The first-order valence-electron chi connectivity index (χ1n) is 8.99. The molecule has 150 valence electrons. The van der Waals surface area contributed by atoms with Crippen molar-refractivity contribution in [3.05, 3.63) is 51.8 Å². The van der Waals surface area contributed by atoms with E-state index in [-0.39, 0.29) is 17.2 Å². The molecule has 28 heavy (non-hydrogen) atoms. The van der Waals surface area contributed by atoms with E-state index in [1.807, 2.05) is 43.9 Å². The van der Waals surface area contributed by atoms with Gasteiger partial charge in [-0.15, -0.1) is 0 Å². The minimum absolute atomic E-state index is 0.0412. The molecule has 1 aromatic heterocycles. The smallest absolute Gasteiger partial charge is 0.410 e. The number of pyridine rings is 1. The van der Waals surface area contributed by atoms with Gasteiger partial charge < -0.3 is 14.5 Å². The molecule has 8 heteroatoms. The number of aromatic nitrogens is 1. The lowest BCUT2D eigenvalue weighted by atomic mass is 10.1. The Morgan fingerprint density at radius 1 is 1.36 bits per heavy atom. The molecular formula is C20H22BrClFN3O2. The summed E-state index contributed by atoms with van der Waals surface area (Å²) in [6.07, 6.45) is 0.386. The second-order valence-electron chi connectivity index (χ2n) is 7.66. The number of nitrogens with zero attached hydrogens (tertiary/aromatic N) is 3. The van der Waals surface area contributed by atoms with E-state index in [2.05, 4.69) is 20.9 Å². The molecule has 0 saturated carbocycles. The number of carbonyl (C=O) groups is 1. The van der Waals surface area contributed by atoms with E-state index in [0.717, 1.165) is 6.42 Å². The molecule has 0 N–H and O–H groups in total. The Balaban J connectivity index is 1.90. The highest BCUT2D eigenvalue weighted by Crippen LogP contribution is 2.33. The summed E-state index contributed by atoms with van der Waals surface area (Å²) in [4.78, 5) is 20.7. The third-order valence-corrected chi connectivity index (χ3v) is 5.04. The van der Waals surface area contributed by atoms with E-state index in [9.17, 15) is 9.18 Å². The summed E-state index contributed by atoms with van der Waals surface area (Å²) in [5.74, 6) is 0.211. The van der Waals surface area contributed by atoms with Crippen LogP contribution < -0.4 is 4.90 Å². The number of ether oxygens (including phenoxy) is 1. The first kappa shape index (κ1) is 20.9. The molecule has 1 saturated heterocycles. The largest absolute Gasteiger partial charge is 0.444 e. The monoisotopic (exact) mass is 469 g/mol. The van der Waals surface area contributed by atoms with Crippen molar-refractivity contribution >= 4 is 45.1 Å². The van der Waals surface area contributed by atoms with Crippen LogP contribution in [0.15, 0.2) is 41.0 Å². The van der Waals surface area contributed by atoms with Gasteiger partial charge in [0.25, 0.3) is 0 Å². The van der Waals surface area contributed by atoms with Gasteiger partial charge >= 0.3 is 6.09 Å². The quantitative estimate of drug-likeness (QED) is 0.533. The Morgan fingerprint density at radius 2 is 2.11 bits per heavy atom. The van der Waals surface area contributed by atoms with Crippen LogP contribution in [0.1, 0.15) is 27.2 Å².